The number of hydrogen-bond donors (Lipinski definition) is 2. The van der Waals surface area contributed by atoms with Crippen LogP contribution in [0.15, 0.2) is 59.7 Å². The number of primary amides is 1. The van der Waals surface area contributed by atoms with Gasteiger partial charge in [-0.2, -0.15) is 0 Å². The summed E-state index contributed by atoms with van der Waals surface area (Å²) in [7, 11) is 0. The van der Waals surface area contributed by atoms with Crippen LogP contribution in [-0.4, -0.2) is 23.0 Å². The molecule has 1 aliphatic rings. The zero-order valence-electron chi connectivity index (χ0n) is 13.1. The van der Waals surface area contributed by atoms with E-state index in [9.17, 15) is 9.59 Å². The van der Waals surface area contributed by atoms with E-state index in [1.54, 1.807) is 36.7 Å². The maximum atomic E-state index is 12.4. The van der Waals surface area contributed by atoms with Crippen LogP contribution < -0.4 is 11.1 Å². The number of aromatic nitrogens is 1. The van der Waals surface area contributed by atoms with Gasteiger partial charge in [-0.15, -0.1) is 0 Å². The Balaban J connectivity index is 1.75. The molecule has 25 heavy (non-hydrogen) atoms. The number of nitrogens with two attached hydrogens (primary N) is 1. The van der Waals surface area contributed by atoms with Crippen LogP contribution in [0.2, 0.25) is 0 Å². The molecule has 2 aromatic carbocycles. The molecule has 1 atom stereocenters. The fraction of sp³-hybridized carbons (Fsp3) is 0.0526. The van der Waals surface area contributed by atoms with Gasteiger partial charge in [0.15, 0.2) is 0 Å². The Hall–Kier alpha value is -3.54. The van der Waals surface area contributed by atoms with Crippen molar-refractivity contribution in [3.05, 3.63) is 65.9 Å². The minimum atomic E-state index is -0.516. The highest BCUT2D eigenvalue weighted by molar-refractivity contribution is 6.16. The number of nitrogens with one attached hydrogen (secondary N) is 1. The molecule has 6 nitrogen and oxygen atoms in total. The average molecular weight is 330 g/mol. The molecule has 0 saturated heterocycles. The van der Waals surface area contributed by atoms with Gasteiger partial charge in [-0.3, -0.25) is 19.6 Å². The lowest BCUT2D eigenvalue weighted by atomic mass is 9.97. The number of rotatable bonds is 3. The van der Waals surface area contributed by atoms with E-state index in [1.165, 1.54) is 0 Å². The number of benzene rings is 2. The zero-order chi connectivity index (χ0) is 17.4. The second-order valence-corrected chi connectivity index (χ2v) is 5.76. The highest BCUT2D eigenvalue weighted by atomic mass is 16.2. The fourth-order valence-corrected chi connectivity index (χ4v) is 3.00. The second kappa shape index (κ2) is 5.83. The SMILES string of the molecule is NC(=O)c1cccc(N=CC2C(=O)Nc3ccc4ncccc4c32)c1. The van der Waals surface area contributed by atoms with Gasteiger partial charge >= 0.3 is 0 Å². The number of carbonyl (C=O) groups is 2. The van der Waals surface area contributed by atoms with Crippen molar-refractivity contribution in [3.8, 4) is 0 Å². The number of pyridine rings is 1. The van der Waals surface area contributed by atoms with E-state index in [-0.39, 0.29) is 5.91 Å². The summed E-state index contributed by atoms with van der Waals surface area (Å²) in [6.45, 7) is 0. The molecule has 1 aromatic heterocycles. The Morgan fingerprint density at radius 1 is 1.20 bits per heavy atom. The molecule has 2 amide bonds. The molecule has 0 bridgehead atoms. The molecule has 2 heterocycles. The normalized spacial score (nSPS) is 16.2. The van der Waals surface area contributed by atoms with Crippen LogP contribution in [0, 0.1) is 0 Å². The summed E-state index contributed by atoms with van der Waals surface area (Å²) in [5.41, 5.74) is 8.69. The van der Waals surface area contributed by atoms with Crippen LogP contribution in [0.3, 0.4) is 0 Å². The number of nitrogens with zero attached hydrogens (tertiary/aromatic N) is 2. The van der Waals surface area contributed by atoms with Gasteiger partial charge in [-0.25, -0.2) is 0 Å². The first-order valence-electron chi connectivity index (χ1n) is 7.76. The minimum absolute atomic E-state index is 0.138. The van der Waals surface area contributed by atoms with Crippen LogP contribution in [0.5, 0.6) is 0 Å². The molecule has 0 fully saturated rings. The molecule has 0 aliphatic carbocycles. The summed E-state index contributed by atoms with van der Waals surface area (Å²) < 4.78 is 0. The molecular formula is C19H14N4O2. The number of hydrogen-bond acceptors (Lipinski definition) is 4. The lowest BCUT2D eigenvalue weighted by molar-refractivity contribution is -0.115. The van der Waals surface area contributed by atoms with E-state index in [4.69, 9.17) is 5.73 Å². The van der Waals surface area contributed by atoms with Crippen LogP contribution in [0.1, 0.15) is 21.8 Å². The Kier molecular flexibility index (Phi) is 3.50. The third kappa shape index (κ3) is 2.63. The van der Waals surface area contributed by atoms with Crippen molar-refractivity contribution in [2.24, 2.45) is 10.7 Å². The van der Waals surface area contributed by atoms with Gasteiger partial charge in [0.25, 0.3) is 0 Å². The van der Waals surface area contributed by atoms with Crippen molar-refractivity contribution in [3.63, 3.8) is 0 Å². The number of amides is 2. The molecule has 0 saturated carbocycles. The van der Waals surface area contributed by atoms with Crippen molar-refractivity contribution in [1.82, 2.24) is 4.98 Å². The smallest absolute Gasteiger partial charge is 0.248 e. The number of anilines is 1. The summed E-state index contributed by atoms with van der Waals surface area (Å²) in [6, 6.07) is 14.2. The van der Waals surface area contributed by atoms with Gasteiger partial charge in [0.2, 0.25) is 11.8 Å². The van der Waals surface area contributed by atoms with Gasteiger partial charge in [0.05, 0.1) is 11.2 Å². The number of carbonyl (C=O) groups excluding carboxylic acids is 2. The van der Waals surface area contributed by atoms with Gasteiger partial charge in [0, 0.05) is 34.6 Å². The van der Waals surface area contributed by atoms with Crippen molar-refractivity contribution < 1.29 is 9.59 Å². The first-order chi connectivity index (χ1) is 12.1. The number of fused-ring (bicyclic) bond motifs is 3. The van der Waals surface area contributed by atoms with Crippen molar-refractivity contribution in [1.29, 1.82) is 0 Å². The molecule has 6 heteroatoms. The molecule has 0 radical (unpaired) electrons. The monoisotopic (exact) mass is 330 g/mol. The Bertz CT molecular complexity index is 1040. The first kappa shape index (κ1) is 15.0. The molecule has 4 rings (SSSR count). The Morgan fingerprint density at radius 3 is 2.92 bits per heavy atom. The van der Waals surface area contributed by atoms with E-state index in [1.807, 2.05) is 24.3 Å². The van der Waals surface area contributed by atoms with Crippen LogP contribution in [0.25, 0.3) is 10.9 Å². The van der Waals surface area contributed by atoms with Gasteiger partial charge < -0.3 is 11.1 Å². The topological polar surface area (TPSA) is 97.4 Å². The molecule has 0 spiro atoms. The molecular weight excluding hydrogens is 316 g/mol. The first-order valence-corrected chi connectivity index (χ1v) is 7.76. The largest absolute Gasteiger partial charge is 0.366 e. The van der Waals surface area contributed by atoms with Gasteiger partial charge in [-0.1, -0.05) is 12.1 Å². The van der Waals surface area contributed by atoms with E-state index >= 15 is 0 Å². The van der Waals surface area contributed by atoms with Gasteiger partial charge in [0.1, 0.15) is 5.92 Å². The van der Waals surface area contributed by atoms with Crippen LogP contribution >= 0.6 is 0 Å². The van der Waals surface area contributed by atoms with E-state index in [0.29, 0.717) is 11.3 Å². The average Bonchev–Trinajstić information content (AvgIpc) is 2.96. The summed E-state index contributed by atoms with van der Waals surface area (Å²) in [4.78, 5) is 32.4. The number of aliphatic imine (C=N–C) groups is 1. The molecule has 3 aromatic rings. The fourth-order valence-electron chi connectivity index (χ4n) is 3.00. The zero-order valence-corrected chi connectivity index (χ0v) is 13.1. The third-order valence-corrected chi connectivity index (χ3v) is 4.18. The van der Waals surface area contributed by atoms with Crippen molar-refractivity contribution >= 4 is 40.3 Å². The molecule has 3 N–H and O–H groups in total. The standard InChI is InChI=1S/C19H14N4O2/c20-18(24)11-3-1-4-12(9-11)22-10-14-17-13-5-2-8-21-15(13)6-7-16(17)23-19(14)25/h1-10,14H,(H2,20,24)(H,23,25). The highest BCUT2D eigenvalue weighted by Crippen LogP contribution is 2.37. The molecule has 1 unspecified atom stereocenters. The van der Waals surface area contributed by atoms with Gasteiger partial charge in [-0.05, 0) is 36.4 Å². The Morgan fingerprint density at radius 2 is 2.08 bits per heavy atom. The van der Waals surface area contributed by atoms with E-state index < -0.39 is 11.8 Å². The van der Waals surface area contributed by atoms with Crippen LogP contribution in [-0.2, 0) is 4.79 Å². The lowest BCUT2D eigenvalue weighted by Crippen LogP contribution is -2.13. The maximum absolute atomic E-state index is 12.4. The lowest BCUT2D eigenvalue weighted by Gasteiger charge is -2.07. The second-order valence-electron chi connectivity index (χ2n) is 5.76. The van der Waals surface area contributed by atoms with E-state index in [2.05, 4.69) is 15.3 Å². The Labute approximate surface area is 143 Å². The summed E-state index contributed by atoms with van der Waals surface area (Å²) >= 11 is 0. The predicted octanol–water partition coefficient (Wildman–Crippen LogP) is 2.77. The summed E-state index contributed by atoms with van der Waals surface area (Å²) in [6.07, 6.45) is 3.31. The minimum Gasteiger partial charge on any atom is -0.366 e. The maximum Gasteiger partial charge on any atom is 0.248 e. The quantitative estimate of drug-likeness (QED) is 0.723. The highest BCUT2D eigenvalue weighted by Gasteiger charge is 2.31. The van der Waals surface area contributed by atoms with E-state index in [0.717, 1.165) is 22.2 Å². The summed E-state index contributed by atoms with van der Waals surface area (Å²) in [5.74, 6) is -1.17. The molecule has 122 valence electrons. The third-order valence-electron chi connectivity index (χ3n) is 4.18. The van der Waals surface area contributed by atoms with Crippen molar-refractivity contribution in [2.45, 2.75) is 5.92 Å². The molecule has 1 aliphatic heterocycles. The van der Waals surface area contributed by atoms with Crippen molar-refractivity contribution in [2.75, 3.05) is 5.32 Å². The predicted molar refractivity (Wildman–Crippen MR) is 96.2 cm³/mol. The summed E-state index contributed by atoms with van der Waals surface area (Å²) in [5, 5.41) is 3.79. The van der Waals surface area contributed by atoms with Crippen LogP contribution in [0.4, 0.5) is 11.4 Å².